The summed E-state index contributed by atoms with van der Waals surface area (Å²) in [5.74, 6) is 1.77. The molecule has 1 amide bonds. The van der Waals surface area contributed by atoms with Gasteiger partial charge in [-0.3, -0.25) is 4.79 Å². The number of hydrogen-bond donors (Lipinski definition) is 0. The quantitative estimate of drug-likeness (QED) is 0.707. The number of anilines is 1. The Kier molecular flexibility index (Phi) is 4.39. The van der Waals surface area contributed by atoms with Crippen LogP contribution in [0.3, 0.4) is 0 Å². The van der Waals surface area contributed by atoms with Crippen LogP contribution in [0.1, 0.15) is 18.4 Å². The van der Waals surface area contributed by atoms with E-state index in [1.54, 1.807) is 4.90 Å². The fourth-order valence-corrected chi connectivity index (χ4v) is 3.06. The van der Waals surface area contributed by atoms with E-state index < -0.39 is 0 Å². The number of aromatic nitrogens is 2. The molecule has 6 heteroatoms. The molecule has 1 aliphatic heterocycles. The lowest BCUT2D eigenvalue weighted by Crippen LogP contribution is -2.38. The lowest BCUT2D eigenvalue weighted by Gasteiger charge is -2.28. The highest BCUT2D eigenvalue weighted by Crippen LogP contribution is 2.35. The van der Waals surface area contributed by atoms with Crippen molar-refractivity contribution in [3.63, 3.8) is 0 Å². The first-order chi connectivity index (χ1) is 12.7. The largest absolute Gasteiger partial charge is 0.482 e. The van der Waals surface area contributed by atoms with E-state index in [-0.39, 0.29) is 12.5 Å². The number of nitrogens with zero attached hydrogens (tertiary/aromatic N) is 3. The number of hydrogen-bond acceptors (Lipinski definition) is 5. The van der Waals surface area contributed by atoms with Crippen molar-refractivity contribution in [2.45, 2.75) is 19.8 Å². The second-order valence-electron chi connectivity index (χ2n) is 6.11. The van der Waals surface area contributed by atoms with E-state index in [1.165, 1.54) is 5.56 Å². The normalized spacial score (nSPS) is 13.4. The number of rotatable bonds is 5. The second-order valence-corrected chi connectivity index (χ2v) is 6.11. The van der Waals surface area contributed by atoms with E-state index in [9.17, 15) is 4.79 Å². The first kappa shape index (κ1) is 16.3. The van der Waals surface area contributed by atoms with Crippen molar-refractivity contribution in [1.29, 1.82) is 0 Å². The molecule has 0 fully saturated rings. The molecule has 0 unspecified atom stereocenters. The summed E-state index contributed by atoms with van der Waals surface area (Å²) in [6.07, 6.45) is 1.53. The smallest absolute Gasteiger partial charge is 0.265 e. The van der Waals surface area contributed by atoms with Crippen LogP contribution in [-0.2, 0) is 17.6 Å². The van der Waals surface area contributed by atoms with Crippen LogP contribution in [-0.4, -0.2) is 29.2 Å². The Bertz CT molecular complexity index is 921. The average Bonchev–Trinajstić information content (AvgIpc) is 3.16. The molecule has 6 nitrogen and oxygen atoms in total. The van der Waals surface area contributed by atoms with Crippen molar-refractivity contribution in [3.8, 4) is 17.1 Å². The Labute approximate surface area is 151 Å². The van der Waals surface area contributed by atoms with Gasteiger partial charge in [0.1, 0.15) is 5.75 Å². The predicted molar refractivity (Wildman–Crippen MR) is 97.1 cm³/mol. The molecule has 0 radical (unpaired) electrons. The molecule has 26 heavy (non-hydrogen) atoms. The van der Waals surface area contributed by atoms with E-state index in [2.05, 4.69) is 22.3 Å². The molecule has 0 bridgehead atoms. The molecule has 0 saturated carbocycles. The molecular weight excluding hydrogens is 330 g/mol. The molecule has 0 aliphatic carbocycles. The highest BCUT2D eigenvalue weighted by molar-refractivity contribution is 5.98. The predicted octanol–water partition coefficient (Wildman–Crippen LogP) is 3.27. The van der Waals surface area contributed by atoms with Gasteiger partial charge in [-0.05, 0) is 37.1 Å². The minimum absolute atomic E-state index is 0.0474. The number of amides is 1. The van der Waals surface area contributed by atoms with E-state index >= 15 is 0 Å². The highest BCUT2D eigenvalue weighted by atomic mass is 16.5. The fraction of sp³-hybridized carbons (Fsp3) is 0.250. The van der Waals surface area contributed by atoms with E-state index in [4.69, 9.17) is 9.26 Å². The topological polar surface area (TPSA) is 68.5 Å². The molecule has 0 spiro atoms. The van der Waals surface area contributed by atoms with Crippen molar-refractivity contribution >= 4 is 11.6 Å². The maximum Gasteiger partial charge on any atom is 0.265 e. The maximum atomic E-state index is 12.0. The Hall–Kier alpha value is -3.15. The van der Waals surface area contributed by atoms with Gasteiger partial charge in [-0.15, -0.1) is 0 Å². The minimum atomic E-state index is -0.0474. The van der Waals surface area contributed by atoms with Gasteiger partial charge >= 0.3 is 0 Å². The Morgan fingerprint density at radius 3 is 2.77 bits per heavy atom. The zero-order valence-electron chi connectivity index (χ0n) is 14.5. The summed E-state index contributed by atoms with van der Waals surface area (Å²) in [6, 6.07) is 15.8. The van der Waals surface area contributed by atoms with Crippen LogP contribution >= 0.6 is 0 Å². The minimum Gasteiger partial charge on any atom is -0.482 e. The van der Waals surface area contributed by atoms with E-state index in [1.807, 2.05) is 43.3 Å². The van der Waals surface area contributed by atoms with Crippen molar-refractivity contribution in [2.75, 3.05) is 18.1 Å². The summed E-state index contributed by atoms with van der Waals surface area (Å²) in [7, 11) is 0. The second kappa shape index (κ2) is 7.00. The van der Waals surface area contributed by atoms with E-state index in [0.29, 0.717) is 30.4 Å². The van der Waals surface area contributed by atoms with E-state index in [0.717, 1.165) is 17.7 Å². The first-order valence-corrected chi connectivity index (χ1v) is 8.68. The van der Waals surface area contributed by atoms with Crippen molar-refractivity contribution in [3.05, 3.63) is 60.0 Å². The third kappa shape index (κ3) is 3.18. The third-order valence-electron chi connectivity index (χ3n) is 4.41. The first-order valence-electron chi connectivity index (χ1n) is 8.68. The molecule has 2 heterocycles. The summed E-state index contributed by atoms with van der Waals surface area (Å²) in [5, 5.41) is 4.09. The third-order valence-corrected chi connectivity index (χ3v) is 4.41. The fourth-order valence-electron chi connectivity index (χ4n) is 3.06. The summed E-state index contributed by atoms with van der Waals surface area (Å²) in [6.45, 7) is 2.61. The van der Waals surface area contributed by atoms with Gasteiger partial charge in [0.15, 0.2) is 6.61 Å². The number of aryl methyl sites for hydroxylation is 2. The van der Waals surface area contributed by atoms with Gasteiger partial charge in [0, 0.05) is 18.5 Å². The number of benzene rings is 2. The molecule has 0 N–H and O–H groups in total. The van der Waals surface area contributed by atoms with Gasteiger partial charge in [0.2, 0.25) is 11.7 Å². The number of likely N-dealkylation sites (N-methyl/N-ethyl adjacent to an activating group) is 1. The van der Waals surface area contributed by atoms with Crippen molar-refractivity contribution in [1.82, 2.24) is 10.1 Å². The number of carbonyl (C=O) groups is 1. The lowest BCUT2D eigenvalue weighted by atomic mass is 10.1. The van der Waals surface area contributed by atoms with Crippen LogP contribution in [0.5, 0.6) is 5.75 Å². The highest BCUT2D eigenvalue weighted by Gasteiger charge is 2.25. The van der Waals surface area contributed by atoms with Gasteiger partial charge in [-0.1, -0.05) is 35.5 Å². The summed E-state index contributed by atoms with van der Waals surface area (Å²) in [5.41, 5.74) is 2.78. The zero-order valence-corrected chi connectivity index (χ0v) is 14.5. The van der Waals surface area contributed by atoms with Crippen molar-refractivity contribution < 1.29 is 14.1 Å². The summed E-state index contributed by atoms with van der Waals surface area (Å²) < 4.78 is 10.9. The molecule has 3 aromatic rings. The van der Waals surface area contributed by atoms with Gasteiger partial charge in [0.25, 0.3) is 5.91 Å². The molecular formula is C20H19N3O3. The van der Waals surface area contributed by atoms with Gasteiger partial charge in [-0.2, -0.15) is 4.98 Å². The molecule has 4 rings (SSSR count). The Morgan fingerprint density at radius 1 is 1.12 bits per heavy atom. The Balaban J connectivity index is 1.54. The molecule has 1 aromatic heterocycles. The van der Waals surface area contributed by atoms with Crippen LogP contribution in [0.15, 0.2) is 53.1 Å². The lowest BCUT2D eigenvalue weighted by molar-refractivity contribution is -0.121. The molecule has 2 aromatic carbocycles. The average molecular weight is 349 g/mol. The summed E-state index contributed by atoms with van der Waals surface area (Å²) in [4.78, 5) is 18.2. The molecule has 1 aliphatic rings. The van der Waals surface area contributed by atoms with Gasteiger partial charge < -0.3 is 14.2 Å². The van der Waals surface area contributed by atoms with Crippen LogP contribution < -0.4 is 9.64 Å². The number of fused-ring (bicyclic) bond motifs is 1. The van der Waals surface area contributed by atoms with Gasteiger partial charge in [-0.25, -0.2) is 0 Å². The summed E-state index contributed by atoms with van der Waals surface area (Å²) >= 11 is 0. The monoisotopic (exact) mass is 349 g/mol. The molecule has 0 saturated heterocycles. The molecule has 0 atom stereocenters. The van der Waals surface area contributed by atoms with Crippen molar-refractivity contribution in [2.24, 2.45) is 0 Å². The maximum absolute atomic E-state index is 12.0. The van der Waals surface area contributed by atoms with Crippen LogP contribution in [0.25, 0.3) is 11.4 Å². The van der Waals surface area contributed by atoms with Gasteiger partial charge in [0.05, 0.1) is 5.69 Å². The zero-order chi connectivity index (χ0) is 17.9. The Morgan fingerprint density at radius 2 is 1.96 bits per heavy atom. The van der Waals surface area contributed by atoms with Crippen LogP contribution in [0.2, 0.25) is 0 Å². The van der Waals surface area contributed by atoms with Crippen LogP contribution in [0, 0.1) is 0 Å². The molecule has 132 valence electrons. The van der Waals surface area contributed by atoms with Crippen LogP contribution in [0.4, 0.5) is 5.69 Å². The SMILES string of the molecule is CCN1C(=O)COc2ccc(-c3noc(CCc4ccccc4)n3)cc21. The number of ether oxygens (including phenoxy) is 1. The standard InChI is InChI=1S/C20H19N3O3/c1-2-23-16-12-15(9-10-17(16)25-13-19(23)24)20-21-18(26-22-20)11-8-14-6-4-3-5-7-14/h3-7,9-10,12H,2,8,11,13H2,1H3. The number of carbonyl (C=O) groups excluding carboxylic acids is 1.